The van der Waals surface area contributed by atoms with E-state index in [4.69, 9.17) is 9.47 Å². The lowest BCUT2D eigenvalue weighted by Gasteiger charge is -2.12. The zero-order valence-electron chi connectivity index (χ0n) is 16.1. The van der Waals surface area contributed by atoms with Crippen LogP contribution in [0.4, 0.5) is 4.39 Å². The van der Waals surface area contributed by atoms with Crippen molar-refractivity contribution < 1.29 is 29.1 Å². The molecule has 150 valence electrons. The number of halogens is 1. The molecule has 2 N–H and O–H groups in total. The molecule has 3 aromatic rings. The van der Waals surface area contributed by atoms with Crippen molar-refractivity contribution in [3.05, 3.63) is 94.8 Å². The van der Waals surface area contributed by atoms with Gasteiger partial charge in [-0.25, -0.2) is 4.39 Å². The molecule has 0 saturated heterocycles. The van der Waals surface area contributed by atoms with E-state index in [2.05, 4.69) is 5.32 Å². The van der Waals surface area contributed by atoms with Crippen LogP contribution in [0.25, 0.3) is 0 Å². The van der Waals surface area contributed by atoms with Gasteiger partial charge in [0.05, 0.1) is 13.1 Å². The average Bonchev–Trinajstić information content (AvgIpc) is 2.74. The second kappa shape index (κ2) is 9.71. The van der Waals surface area contributed by atoms with Crippen LogP contribution in [0.3, 0.4) is 0 Å². The minimum absolute atomic E-state index is 0.121. The van der Waals surface area contributed by atoms with Gasteiger partial charge in [0.2, 0.25) is 0 Å². The first kappa shape index (κ1) is 20.4. The molecule has 0 aromatic heterocycles. The molecule has 6 heteroatoms. The summed E-state index contributed by atoms with van der Waals surface area (Å²) in [5.41, 5.74) is 2.72. The Morgan fingerprint density at radius 1 is 0.966 bits per heavy atom. The van der Waals surface area contributed by atoms with E-state index in [0.717, 1.165) is 11.1 Å². The smallest absolute Gasteiger partial charge is 0.161 e. The van der Waals surface area contributed by atoms with Crippen molar-refractivity contribution in [3.63, 3.8) is 0 Å². The summed E-state index contributed by atoms with van der Waals surface area (Å²) in [6, 6.07) is 18.8. The van der Waals surface area contributed by atoms with Crippen LogP contribution in [0.15, 0.2) is 66.7 Å². The summed E-state index contributed by atoms with van der Waals surface area (Å²) in [7, 11) is 1.57. The number of hydrogen-bond donors (Lipinski definition) is 1. The third kappa shape index (κ3) is 5.56. The molecule has 0 saturated carbocycles. The highest BCUT2D eigenvalue weighted by atomic mass is 19.1. The third-order valence-electron chi connectivity index (χ3n) is 4.52. The average molecular weight is 395 g/mol. The number of carbonyl (C=O) groups excluding carboxylic acids is 1. The van der Waals surface area contributed by atoms with E-state index in [9.17, 15) is 14.3 Å². The van der Waals surface area contributed by atoms with Crippen LogP contribution < -0.4 is 19.9 Å². The van der Waals surface area contributed by atoms with E-state index in [1.54, 1.807) is 49.6 Å². The molecule has 3 aromatic carbocycles. The van der Waals surface area contributed by atoms with E-state index < -0.39 is 5.97 Å². The van der Waals surface area contributed by atoms with Crippen molar-refractivity contribution in [3.8, 4) is 11.5 Å². The Morgan fingerprint density at radius 2 is 1.66 bits per heavy atom. The minimum Gasteiger partial charge on any atom is -0.545 e. The Bertz CT molecular complexity index is 973. The summed E-state index contributed by atoms with van der Waals surface area (Å²) < 4.78 is 24.9. The van der Waals surface area contributed by atoms with Gasteiger partial charge in [-0.15, -0.1) is 0 Å². The fraction of sp³-hybridized carbons (Fsp3) is 0.174. The van der Waals surface area contributed by atoms with Gasteiger partial charge < -0.3 is 24.7 Å². The topological polar surface area (TPSA) is 75.2 Å². The monoisotopic (exact) mass is 395 g/mol. The van der Waals surface area contributed by atoms with Crippen molar-refractivity contribution in [1.29, 1.82) is 0 Å². The quantitative estimate of drug-likeness (QED) is 0.602. The number of carboxylic acids is 1. The number of methoxy groups -OCH3 is 1. The highest BCUT2D eigenvalue weighted by molar-refractivity contribution is 5.85. The third-order valence-corrected chi connectivity index (χ3v) is 4.52. The lowest BCUT2D eigenvalue weighted by molar-refractivity contribution is -0.686. The van der Waals surface area contributed by atoms with Crippen molar-refractivity contribution in [2.45, 2.75) is 19.7 Å². The summed E-state index contributed by atoms with van der Waals surface area (Å²) in [4.78, 5) is 10.8. The molecule has 0 fully saturated rings. The maximum absolute atomic E-state index is 13.7. The molecule has 0 heterocycles. The van der Waals surface area contributed by atoms with E-state index in [0.29, 0.717) is 30.2 Å². The van der Waals surface area contributed by atoms with Gasteiger partial charge in [0.25, 0.3) is 0 Å². The molecule has 0 aliphatic carbocycles. The van der Waals surface area contributed by atoms with Crippen LogP contribution in [0.2, 0.25) is 0 Å². The van der Waals surface area contributed by atoms with Gasteiger partial charge >= 0.3 is 0 Å². The molecule has 0 radical (unpaired) electrons. The van der Waals surface area contributed by atoms with Crippen LogP contribution in [0.5, 0.6) is 11.5 Å². The summed E-state index contributed by atoms with van der Waals surface area (Å²) >= 11 is 0. The van der Waals surface area contributed by atoms with Gasteiger partial charge in [0.15, 0.2) is 11.5 Å². The minimum atomic E-state index is -1.18. The number of nitrogens with two attached hydrogens (primary N) is 1. The first-order valence-corrected chi connectivity index (χ1v) is 9.22. The fourth-order valence-electron chi connectivity index (χ4n) is 2.91. The lowest BCUT2D eigenvalue weighted by atomic mass is 10.1. The number of ether oxygens (including phenoxy) is 2. The molecule has 29 heavy (non-hydrogen) atoms. The summed E-state index contributed by atoms with van der Waals surface area (Å²) in [5.74, 6) is -0.335. The van der Waals surface area contributed by atoms with Crippen molar-refractivity contribution in [2.75, 3.05) is 7.11 Å². The van der Waals surface area contributed by atoms with Gasteiger partial charge in [0.1, 0.15) is 25.5 Å². The van der Waals surface area contributed by atoms with Crippen molar-refractivity contribution in [1.82, 2.24) is 0 Å². The predicted molar refractivity (Wildman–Crippen MR) is 104 cm³/mol. The number of benzene rings is 3. The van der Waals surface area contributed by atoms with Gasteiger partial charge in [-0.1, -0.05) is 42.5 Å². The van der Waals surface area contributed by atoms with Crippen LogP contribution in [0.1, 0.15) is 27.0 Å². The first-order valence-electron chi connectivity index (χ1n) is 9.22. The van der Waals surface area contributed by atoms with Crippen LogP contribution >= 0.6 is 0 Å². The molecule has 0 bridgehead atoms. The number of carbonyl (C=O) groups is 1. The van der Waals surface area contributed by atoms with Crippen LogP contribution in [-0.4, -0.2) is 13.1 Å². The normalized spacial score (nSPS) is 10.6. The molecule has 0 amide bonds. The van der Waals surface area contributed by atoms with Gasteiger partial charge in [0, 0.05) is 16.7 Å². The summed E-state index contributed by atoms with van der Waals surface area (Å²) in [5, 5.41) is 12.9. The zero-order valence-corrected chi connectivity index (χ0v) is 16.1. The maximum atomic E-state index is 13.7. The number of aromatic carboxylic acids is 1. The molecule has 0 aliphatic heterocycles. The maximum Gasteiger partial charge on any atom is 0.161 e. The summed E-state index contributed by atoms with van der Waals surface area (Å²) in [6.07, 6.45) is 0. The molecule has 0 atom stereocenters. The molecule has 0 spiro atoms. The Morgan fingerprint density at radius 3 is 2.34 bits per heavy atom. The van der Waals surface area contributed by atoms with Gasteiger partial charge in [-0.2, -0.15) is 0 Å². The number of rotatable bonds is 9. The van der Waals surface area contributed by atoms with Gasteiger partial charge in [-0.3, -0.25) is 0 Å². The van der Waals surface area contributed by atoms with Crippen molar-refractivity contribution >= 4 is 5.97 Å². The molecule has 0 unspecified atom stereocenters. The lowest BCUT2D eigenvalue weighted by Crippen LogP contribution is -2.80. The SMILES string of the molecule is COc1cc(C[NH2+]Cc2ccc(C(=O)[O-])cc2)ccc1OCc1ccccc1F. The van der Waals surface area contributed by atoms with E-state index in [-0.39, 0.29) is 18.0 Å². The largest absolute Gasteiger partial charge is 0.545 e. The first-order chi connectivity index (χ1) is 14.1. The Balaban J connectivity index is 1.56. The number of quaternary nitrogens is 1. The summed E-state index contributed by atoms with van der Waals surface area (Å²) in [6.45, 7) is 1.55. The zero-order chi connectivity index (χ0) is 20.6. The second-order valence-electron chi connectivity index (χ2n) is 6.55. The Labute approximate surface area is 168 Å². The number of carboxylic acid groups (broad SMARTS) is 1. The highest BCUT2D eigenvalue weighted by Gasteiger charge is 2.09. The molecule has 5 nitrogen and oxygen atoms in total. The molecular weight excluding hydrogens is 373 g/mol. The molecule has 3 rings (SSSR count). The van der Waals surface area contributed by atoms with Crippen molar-refractivity contribution in [2.24, 2.45) is 0 Å². The van der Waals surface area contributed by atoms with E-state index >= 15 is 0 Å². The van der Waals surface area contributed by atoms with Crippen LogP contribution in [0, 0.1) is 5.82 Å². The fourth-order valence-corrected chi connectivity index (χ4v) is 2.91. The van der Waals surface area contributed by atoms with Crippen LogP contribution in [-0.2, 0) is 19.7 Å². The number of hydrogen-bond acceptors (Lipinski definition) is 4. The Kier molecular flexibility index (Phi) is 6.81. The standard InChI is InChI=1S/C23H22FNO4/c1-28-22-12-17(14-25-13-16-6-9-18(10-7-16)23(26)27)8-11-21(22)29-15-19-4-2-3-5-20(19)24/h2-12,25H,13-15H2,1H3,(H,26,27). The van der Waals surface area contributed by atoms with Gasteiger partial charge in [-0.05, 0) is 29.8 Å². The van der Waals surface area contributed by atoms with E-state index in [1.807, 2.05) is 18.2 Å². The van der Waals surface area contributed by atoms with E-state index in [1.165, 1.54) is 6.07 Å². The molecule has 0 aliphatic rings. The molecular formula is C23H22FNO4. The Hall–Kier alpha value is -3.38. The second-order valence-corrected chi connectivity index (χ2v) is 6.55. The highest BCUT2D eigenvalue weighted by Crippen LogP contribution is 2.28. The predicted octanol–water partition coefficient (Wildman–Crippen LogP) is 2.04.